The summed E-state index contributed by atoms with van der Waals surface area (Å²) in [5.74, 6) is -0.538. The van der Waals surface area contributed by atoms with Gasteiger partial charge in [-0.3, -0.25) is 0 Å². The molecule has 1 fully saturated rings. The summed E-state index contributed by atoms with van der Waals surface area (Å²) >= 11 is 0. The molecule has 0 saturated carbocycles. The minimum absolute atomic E-state index is 0.128. The van der Waals surface area contributed by atoms with Crippen molar-refractivity contribution in [3.05, 3.63) is 34.7 Å². The van der Waals surface area contributed by atoms with Crippen molar-refractivity contribution in [3.63, 3.8) is 0 Å². The van der Waals surface area contributed by atoms with E-state index in [1.165, 1.54) is 18.2 Å². The lowest BCUT2D eigenvalue weighted by Gasteiger charge is -2.37. The highest BCUT2D eigenvalue weighted by molar-refractivity contribution is 5.80. The van der Waals surface area contributed by atoms with Gasteiger partial charge in [0.25, 0.3) is 0 Å². The molecule has 1 saturated heterocycles. The average molecular weight is 326 g/mol. The summed E-state index contributed by atoms with van der Waals surface area (Å²) in [7, 11) is 0. The Hall–Kier alpha value is -2.17. The molecule has 0 spiro atoms. The van der Waals surface area contributed by atoms with Crippen LogP contribution in [0.2, 0.25) is 0 Å². The van der Waals surface area contributed by atoms with Crippen LogP contribution in [-0.2, 0) is 4.74 Å². The fourth-order valence-corrected chi connectivity index (χ4v) is 2.23. The Bertz CT molecular complexity index is 770. The first-order chi connectivity index (χ1) is 10.9. The van der Waals surface area contributed by atoms with Gasteiger partial charge in [-0.25, -0.2) is 4.79 Å². The Kier molecular flexibility index (Phi) is 3.96. The van der Waals surface area contributed by atoms with Crippen molar-refractivity contribution in [2.45, 2.75) is 30.9 Å². The highest BCUT2D eigenvalue weighted by Crippen LogP contribution is 2.33. The number of aliphatic hydroxyl groups is 4. The summed E-state index contributed by atoms with van der Waals surface area (Å²) in [6.07, 6.45) is -8.33. The number of phenols is 1. The van der Waals surface area contributed by atoms with Crippen LogP contribution in [0.15, 0.2) is 33.5 Å². The molecule has 5 N–H and O–H groups in total. The maximum Gasteiger partial charge on any atom is 0.336 e. The molecule has 1 aliphatic rings. The van der Waals surface area contributed by atoms with Gasteiger partial charge in [-0.05, 0) is 12.1 Å². The first-order valence-electron chi connectivity index (χ1n) is 6.68. The SMILES string of the molecule is O=c1ccc2cc(O[C@H]3O[C@H](O)[C@@H](O)[C@H](O)[C@H]3O)c(O)cc2o1. The smallest absolute Gasteiger partial charge is 0.336 e. The summed E-state index contributed by atoms with van der Waals surface area (Å²) in [4.78, 5) is 11.1. The van der Waals surface area contributed by atoms with E-state index in [0.717, 1.165) is 6.07 Å². The van der Waals surface area contributed by atoms with Gasteiger partial charge in [0, 0.05) is 17.5 Å². The first kappa shape index (κ1) is 15.7. The van der Waals surface area contributed by atoms with Crippen molar-refractivity contribution >= 4 is 11.0 Å². The average Bonchev–Trinajstić information content (AvgIpc) is 2.51. The summed E-state index contributed by atoms with van der Waals surface area (Å²) in [5, 5.41) is 48.6. The maximum absolute atomic E-state index is 11.1. The third-order valence-electron chi connectivity index (χ3n) is 3.49. The zero-order valence-corrected chi connectivity index (χ0v) is 11.6. The molecule has 9 heteroatoms. The van der Waals surface area contributed by atoms with E-state index in [-0.39, 0.29) is 11.3 Å². The molecular formula is C14H14O9. The van der Waals surface area contributed by atoms with Crippen LogP contribution < -0.4 is 10.4 Å². The van der Waals surface area contributed by atoms with Crippen LogP contribution in [0.1, 0.15) is 0 Å². The molecule has 0 bridgehead atoms. The monoisotopic (exact) mass is 326 g/mol. The summed E-state index contributed by atoms with van der Waals surface area (Å²) < 4.78 is 15.0. The van der Waals surface area contributed by atoms with Gasteiger partial charge in [0.1, 0.15) is 23.9 Å². The minimum atomic E-state index is -1.76. The van der Waals surface area contributed by atoms with Crippen molar-refractivity contribution in [2.75, 3.05) is 0 Å². The number of ether oxygens (including phenoxy) is 2. The van der Waals surface area contributed by atoms with Crippen LogP contribution in [0.4, 0.5) is 0 Å². The lowest BCUT2D eigenvalue weighted by Crippen LogP contribution is -2.59. The van der Waals surface area contributed by atoms with Crippen molar-refractivity contribution in [2.24, 2.45) is 0 Å². The van der Waals surface area contributed by atoms with Crippen molar-refractivity contribution in [1.29, 1.82) is 0 Å². The van der Waals surface area contributed by atoms with Crippen LogP contribution in [0.25, 0.3) is 11.0 Å². The van der Waals surface area contributed by atoms with E-state index in [9.17, 15) is 30.3 Å². The molecule has 23 heavy (non-hydrogen) atoms. The molecule has 5 atom stereocenters. The molecule has 0 aliphatic carbocycles. The second-order valence-corrected chi connectivity index (χ2v) is 5.10. The maximum atomic E-state index is 11.1. The van der Waals surface area contributed by atoms with Gasteiger partial charge in [-0.2, -0.15) is 0 Å². The molecule has 9 nitrogen and oxygen atoms in total. The zero-order valence-electron chi connectivity index (χ0n) is 11.6. The predicted octanol–water partition coefficient (Wildman–Crippen LogP) is -1.37. The highest BCUT2D eigenvalue weighted by Gasteiger charge is 2.44. The van der Waals surface area contributed by atoms with Crippen molar-refractivity contribution in [3.8, 4) is 11.5 Å². The van der Waals surface area contributed by atoms with E-state index in [1.54, 1.807) is 0 Å². The Labute approximate surface area is 128 Å². The number of rotatable bonds is 2. The van der Waals surface area contributed by atoms with Gasteiger partial charge in [-0.1, -0.05) is 0 Å². The molecule has 1 aromatic heterocycles. The molecule has 0 amide bonds. The van der Waals surface area contributed by atoms with Crippen LogP contribution in [-0.4, -0.2) is 56.4 Å². The molecule has 124 valence electrons. The number of phenolic OH excluding ortho intramolecular Hbond substituents is 1. The minimum Gasteiger partial charge on any atom is -0.504 e. The van der Waals surface area contributed by atoms with Gasteiger partial charge < -0.3 is 39.4 Å². The number of hydrogen-bond donors (Lipinski definition) is 5. The summed E-state index contributed by atoms with van der Waals surface area (Å²) in [6, 6.07) is 5.09. The molecule has 0 radical (unpaired) electrons. The first-order valence-corrected chi connectivity index (χ1v) is 6.68. The van der Waals surface area contributed by atoms with E-state index in [1.807, 2.05) is 0 Å². The van der Waals surface area contributed by atoms with Crippen LogP contribution >= 0.6 is 0 Å². The van der Waals surface area contributed by atoms with Gasteiger partial charge >= 0.3 is 5.63 Å². The summed E-state index contributed by atoms with van der Waals surface area (Å²) in [5.41, 5.74) is -0.459. The molecule has 1 aromatic carbocycles. The molecule has 1 aliphatic heterocycles. The van der Waals surface area contributed by atoms with E-state index in [2.05, 4.69) is 0 Å². The highest BCUT2D eigenvalue weighted by atomic mass is 16.7. The van der Waals surface area contributed by atoms with Crippen LogP contribution in [0.3, 0.4) is 0 Å². The molecule has 0 unspecified atom stereocenters. The third-order valence-corrected chi connectivity index (χ3v) is 3.49. The molecule has 2 heterocycles. The number of aromatic hydroxyl groups is 1. The fourth-order valence-electron chi connectivity index (χ4n) is 2.23. The predicted molar refractivity (Wildman–Crippen MR) is 73.7 cm³/mol. The van der Waals surface area contributed by atoms with E-state index in [0.29, 0.717) is 5.39 Å². The lowest BCUT2D eigenvalue weighted by molar-refractivity contribution is -0.321. The Morgan fingerprint density at radius 3 is 2.48 bits per heavy atom. The molecular weight excluding hydrogens is 312 g/mol. The zero-order chi connectivity index (χ0) is 16.7. The fraction of sp³-hybridized carbons (Fsp3) is 0.357. The van der Waals surface area contributed by atoms with Crippen LogP contribution in [0, 0.1) is 0 Å². The lowest BCUT2D eigenvalue weighted by atomic mass is 10.0. The normalized spacial score (nSPS) is 31.2. The number of hydrogen-bond acceptors (Lipinski definition) is 9. The quantitative estimate of drug-likeness (QED) is 0.421. The third kappa shape index (κ3) is 2.87. The van der Waals surface area contributed by atoms with E-state index < -0.39 is 42.3 Å². The number of aliphatic hydroxyl groups excluding tert-OH is 4. The van der Waals surface area contributed by atoms with Crippen molar-refractivity contribution in [1.82, 2.24) is 0 Å². The van der Waals surface area contributed by atoms with Gasteiger partial charge in [0.15, 0.2) is 17.8 Å². The Morgan fingerprint density at radius 2 is 1.74 bits per heavy atom. The largest absolute Gasteiger partial charge is 0.504 e. The number of fused-ring (bicyclic) bond motifs is 1. The van der Waals surface area contributed by atoms with Crippen LogP contribution in [0.5, 0.6) is 11.5 Å². The second-order valence-electron chi connectivity index (χ2n) is 5.10. The van der Waals surface area contributed by atoms with Crippen molar-refractivity contribution < 1.29 is 39.4 Å². The standard InChI is InChI=1S/C14H14O9/c15-6-4-7-5(1-2-9(16)21-7)3-8(6)22-14-12(19)10(17)11(18)13(20)23-14/h1-4,10-15,17-20H/t10-,11-,12+,13-,14-/m0/s1. The number of benzene rings is 1. The summed E-state index contributed by atoms with van der Waals surface area (Å²) in [6.45, 7) is 0. The van der Waals surface area contributed by atoms with Gasteiger partial charge in [0.2, 0.25) is 6.29 Å². The van der Waals surface area contributed by atoms with Gasteiger partial charge in [-0.15, -0.1) is 0 Å². The van der Waals surface area contributed by atoms with E-state index >= 15 is 0 Å². The second kappa shape index (κ2) is 5.80. The molecule has 3 rings (SSSR count). The Morgan fingerprint density at radius 1 is 1.00 bits per heavy atom. The topological polar surface area (TPSA) is 150 Å². The van der Waals surface area contributed by atoms with E-state index in [4.69, 9.17) is 13.9 Å². The van der Waals surface area contributed by atoms with Gasteiger partial charge in [0.05, 0.1) is 0 Å². The molecule has 2 aromatic rings. The Balaban J connectivity index is 1.90.